The summed E-state index contributed by atoms with van der Waals surface area (Å²) in [4.78, 5) is 45.2. The number of carbonyl (C=O) groups is 4. The second-order valence-corrected chi connectivity index (χ2v) is 4.74. The monoisotopic (exact) mass is 336 g/mol. The maximum atomic E-state index is 11.6. The van der Waals surface area contributed by atoms with E-state index in [1.165, 1.54) is 6.92 Å². The molecule has 0 rings (SSSR count). The molecule has 0 saturated carbocycles. The van der Waals surface area contributed by atoms with E-state index in [2.05, 4.69) is 28.6 Å². The fourth-order valence-corrected chi connectivity index (χ4v) is 1.47. The standard InChI is InChI=1S/C11H20N4O6S/c1-5(14-10(19)6(12)3-16)9(18)13-2-8(17)15-7(4-22)11(20)21/h5-7,16,22H,2-4,12H2,1H3,(H,13,18)(H,14,19)(H,15,17)(H,20,21). The molecule has 3 amide bonds. The first-order valence-corrected chi connectivity index (χ1v) is 6.93. The lowest BCUT2D eigenvalue weighted by Gasteiger charge is -2.17. The van der Waals surface area contributed by atoms with Gasteiger partial charge in [0.15, 0.2) is 0 Å². The zero-order valence-electron chi connectivity index (χ0n) is 11.9. The summed E-state index contributed by atoms with van der Waals surface area (Å²) in [5.41, 5.74) is 5.26. The number of carbonyl (C=O) groups excluding carboxylic acids is 3. The highest BCUT2D eigenvalue weighted by molar-refractivity contribution is 7.80. The number of carboxylic acids is 1. The molecule has 3 unspecified atom stereocenters. The van der Waals surface area contributed by atoms with Crippen LogP contribution in [0.5, 0.6) is 0 Å². The van der Waals surface area contributed by atoms with Crippen molar-refractivity contribution in [2.45, 2.75) is 25.0 Å². The Bertz CT molecular complexity index is 433. The molecule has 0 aromatic carbocycles. The molecule has 3 atom stereocenters. The predicted octanol–water partition coefficient (Wildman–Crippen LogP) is -3.57. The van der Waals surface area contributed by atoms with Crippen molar-refractivity contribution < 1.29 is 29.4 Å². The summed E-state index contributed by atoms with van der Waals surface area (Å²) in [6.45, 7) is 0.342. The smallest absolute Gasteiger partial charge is 0.327 e. The minimum absolute atomic E-state index is 0.0967. The third-order valence-electron chi connectivity index (χ3n) is 2.52. The number of aliphatic carboxylic acids is 1. The highest BCUT2D eigenvalue weighted by atomic mass is 32.1. The zero-order valence-corrected chi connectivity index (χ0v) is 12.8. The van der Waals surface area contributed by atoms with Crippen molar-refractivity contribution in [1.29, 1.82) is 0 Å². The lowest BCUT2D eigenvalue weighted by atomic mass is 10.2. The molecule has 0 aromatic rings. The number of aliphatic hydroxyl groups excluding tert-OH is 1. The molecule has 126 valence electrons. The summed E-state index contributed by atoms with van der Waals surface area (Å²) in [5.74, 6) is -3.42. The van der Waals surface area contributed by atoms with Crippen LogP contribution in [-0.2, 0) is 19.2 Å². The summed E-state index contributed by atoms with van der Waals surface area (Å²) >= 11 is 3.77. The van der Waals surface area contributed by atoms with Gasteiger partial charge in [0, 0.05) is 5.75 Å². The predicted molar refractivity (Wildman–Crippen MR) is 79.1 cm³/mol. The van der Waals surface area contributed by atoms with Gasteiger partial charge in [-0.15, -0.1) is 0 Å². The van der Waals surface area contributed by atoms with Crippen LogP contribution in [0.3, 0.4) is 0 Å². The van der Waals surface area contributed by atoms with E-state index in [1.54, 1.807) is 0 Å². The van der Waals surface area contributed by atoms with E-state index < -0.39 is 55.0 Å². The lowest BCUT2D eigenvalue weighted by Crippen LogP contribution is -2.53. The molecule has 0 aliphatic heterocycles. The van der Waals surface area contributed by atoms with Gasteiger partial charge in [0.2, 0.25) is 17.7 Å². The Labute approximate surface area is 132 Å². The van der Waals surface area contributed by atoms with Crippen LogP contribution < -0.4 is 21.7 Å². The van der Waals surface area contributed by atoms with Crippen LogP contribution in [0.2, 0.25) is 0 Å². The number of aliphatic hydroxyl groups is 1. The van der Waals surface area contributed by atoms with Gasteiger partial charge < -0.3 is 31.9 Å². The number of nitrogens with two attached hydrogens (primary N) is 1. The molecule has 0 heterocycles. The second kappa shape index (κ2) is 9.97. The number of hydrogen-bond acceptors (Lipinski definition) is 7. The molecular formula is C11H20N4O6S. The Morgan fingerprint density at radius 3 is 2.23 bits per heavy atom. The van der Waals surface area contributed by atoms with Gasteiger partial charge in [-0.2, -0.15) is 12.6 Å². The molecule has 0 bridgehead atoms. The van der Waals surface area contributed by atoms with E-state index in [1.807, 2.05) is 0 Å². The third kappa shape index (κ3) is 7.24. The molecule has 22 heavy (non-hydrogen) atoms. The van der Waals surface area contributed by atoms with Crippen LogP contribution >= 0.6 is 12.6 Å². The fraction of sp³-hybridized carbons (Fsp3) is 0.636. The van der Waals surface area contributed by atoms with Gasteiger partial charge in [-0.3, -0.25) is 14.4 Å². The van der Waals surface area contributed by atoms with Gasteiger partial charge in [0.1, 0.15) is 18.1 Å². The van der Waals surface area contributed by atoms with Crippen LogP contribution in [0.15, 0.2) is 0 Å². The van der Waals surface area contributed by atoms with Crippen molar-refractivity contribution in [3.8, 4) is 0 Å². The Morgan fingerprint density at radius 1 is 1.18 bits per heavy atom. The maximum absolute atomic E-state index is 11.6. The van der Waals surface area contributed by atoms with E-state index in [9.17, 15) is 19.2 Å². The molecule has 11 heteroatoms. The molecule has 0 aliphatic carbocycles. The summed E-state index contributed by atoms with van der Waals surface area (Å²) in [7, 11) is 0. The highest BCUT2D eigenvalue weighted by Gasteiger charge is 2.21. The SMILES string of the molecule is CC(NC(=O)C(N)CO)C(=O)NCC(=O)NC(CS)C(=O)O. The quantitative estimate of drug-likeness (QED) is 0.213. The molecule has 10 nitrogen and oxygen atoms in total. The van der Waals surface area contributed by atoms with E-state index in [4.69, 9.17) is 15.9 Å². The van der Waals surface area contributed by atoms with E-state index in [-0.39, 0.29) is 5.75 Å². The van der Waals surface area contributed by atoms with Crippen molar-refractivity contribution in [1.82, 2.24) is 16.0 Å². The zero-order chi connectivity index (χ0) is 17.3. The molecule has 0 spiro atoms. The highest BCUT2D eigenvalue weighted by Crippen LogP contribution is 1.89. The Kier molecular flexibility index (Phi) is 9.13. The molecule has 0 radical (unpaired) electrons. The minimum atomic E-state index is -1.24. The van der Waals surface area contributed by atoms with Crippen LogP contribution in [0, 0.1) is 0 Å². The van der Waals surface area contributed by atoms with Crippen LogP contribution in [-0.4, -0.2) is 70.9 Å². The van der Waals surface area contributed by atoms with Crippen molar-refractivity contribution in [2.75, 3.05) is 18.9 Å². The van der Waals surface area contributed by atoms with Crippen molar-refractivity contribution >= 4 is 36.3 Å². The molecule has 0 aliphatic rings. The maximum Gasteiger partial charge on any atom is 0.327 e. The summed E-state index contributed by atoms with van der Waals surface area (Å²) in [6.07, 6.45) is 0. The first-order chi connectivity index (χ1) is 10.2. The van der Waals surface area contributed by atoms with Gasteiger partial charge in [0.05, 0.1) is 13.2 Å². The number of nitrogens with one attached hydrogen (secondary N) is 3. The van der Waals surface area contributed by atoms with Crippen molar-refractivity contribution in [3.63, 3.8) is 0 Å². The normalized spacial score (nSPS) is 14.4. The number of thiol groups is 1. The first kappa shape index (κ1) is 20.1. The number of hydrogen-bond donors (Lipinski definition) is 7. The fourth-order valence-electron chi connectivity index (χ4n) is 1.22. The van der Waals surface area contributed by atoms with Crippen molar-refractivity contribution in [3.05, 3.63) is 0 Å². The Balaban J connectivity index is 4.24. The largest absolute Gasteiger partial charge is 0.480 e. The molecule has 7 N–H and O–H groups in total. The van der Waals surface area contributed by atoms with Gasteiger partial charge in [0.25, 0.3) is 0 Å². The minimum Gasteiger partial charge on any atom is -0.480 e. The van der Waals surface area contributed by atoms with Crippen LogP contribution in [0.1, 0.15) is 6.92 Å². The van der Waals surface area contributed by atoms with Gasteiger partial charge in [-0.1, -0.05) is 0 Å². The van der Waals surface area contributed by atoms with Crippen LogP contribution in [0.25, 0.3) is 0 Å². The third-order valence-corrected chi connectivity index (χ3v) is 2.89. The van der Waals surface area contributed by atoms with Gasteiger partial charge >= 0.3 is 5.97 Å². The molecule has 0 saturated heterocycles. The molecule has 0 aromatic heterocycles. The number of amides is 3. The van der Waals surface area contributed by atoms with E-state index in [0.717, 1.165) is 0 Å². The lowest BCUT2D eigenvalue weighted by molar-refractivity contribution is -0.141. The number of carboxylic acid groups (broad SMARTS) is 1. The number of rotatable bonds is 9. The molecular weight excluding hydrogens is 316 g/mol. The molecule has 0 fully saturated rings. The Hall–Kier alpha value is -1.85. The van der Waals surface area contributed by atoms with E-state index >= 15 is 0 Å². The average molecular weight is 336 g/mol. The van der Waals surface area contributed by atoms with Gasteiger partial charge in [-0.05, 0) is 6.92 Å². The van der Waals surface area contributed by atoms with Crippen LogP contribution in [0.4, 0.5) is 0 Å². The second-order valence-electron chi connectivity index (χ2n) is 4.38. The summed E-state index contributed by atoms with van der Waals surface area (Å²) in [6, 6.07) is -3.28. The van der Waals surface area contributed by atoms with Gasteiger partial charge in [-0.25, -0.2) is 4.79 Å². The summed E-state index contributed by atoms with van der Waals surface area (Å²) < 4.78 is 0. The summed E-state index contributed by atoms with van der Waals surface area (Å²) in [5, 5.41) is 24.1. The first-order valence-electron chi connectivity index (χ1n) is 6.30. The average Bonchev–Trinajstić information content (AvgIpc) is 2.48. The Morgan fingerprint density at radius 2 is 1.77 bits per heavy atom. The van der Waals surface area contributed by atoms with E-state index in [0.29, 0.717) is 0 Å². The van der Waals surface area contributed by atoms with Crippen molar-refractivity contribution in [2.24, 2.45) is 5.73 Å². The topological polar surface area (TPSA) is 171 Å².